The molecule has 0 saturated carbocycles. The van der Waals surface area contributed by atoms with E-state index < -0.39 is 0 Å². The van der Waals surface area contributed by atoms with Crippen LogP contribution in [-0.4, -0.2) is 11.5 Å². The lowest BCUT2D eigenvalue weighted by Crippen LogP contribution is -2.24. The van der Waals surface area contributed by atoms with E-state index in [9.17, 15) is 4.79 Å². The Hall–Kier alpha value is -1.51. The van der Waals surface area contributed by atoms with Crippen LogP contribution in [0.1, 0.15) is 49.9 Å². The SMILES string of the molecule is Cc1c(C)c2c(c(C)c1NC(=O)C(C)C)CC(C)(C)O2. The number of rotatable bonds is 2. The summed E-state index contributed by atoms with van der Waals surface area (Å²) in [6.07, 6.45) is 0.889. The summed E-state index contributed by atoms with van der Waals surface area (Å²) < 4.78 is 6.08. The Kier molecular flexibility index (Phi) is 3.57. The molecular formula is C17H25NO2. The second kappa shape index (κ2) is 4.80. The third-order valence-corrected chi connectivity index (χ3v) is 4.13. The van der Waals surface area contributed by atoms with Crippen molar-refractivity contribution in [2.24, 2.45) is 5.92 Å². The quantitative estimate of drug-likeness (QED) is 0.888. The van der Waals surface area contributed by atoms with Crippen LogP contribution in [0.25, 0.3) is 0 Å². The highest BCUT2D eigenvalue weighted by atomic mass is 16.5. The molecule has 0 spiro atoms. The van der Waals surface area contributed by atoms with E-state index in [0.29, 0.717) is 0 Å². The minimum atomic E-state index is -0.162. The van der Waals surface area contributed by atoms with Crippen LogP contribution >= 0.6 is 0 Å². The van der Waals surface area contributed by atoms with Gasteiger partial charge >= 0.3 is 0 Å². The fourth-order valence-electron chi connectivity index (χ4n) is 2.73. The molecule has 20 heavy (non-hydrogen) atoms. The van der Waals surface area contributed by atoms with Gasteiger partial charge in [-0.25, -0.2) is 0 Å². The Morgan fingerprint density at radius 1 is 1.15 bits per heavy atom. The average molecular weight is 275 g/mol. The predicted molar refractivity (Wildman–Crippen MR) is 82.5 cm³/mol. The Balaban J connectivity index is 2.52. The number of fused-ring (bicyclic) bond motifs is 1. The van der Waals surface area contributed by atoms with Crippen molar-refractivity contribution < 1.29 is 9.53 Å². The van der Waals surface area contributed by atoms with E-state index in [0.717, 1.165) is 34.5 Å². The van der Waals surface area contributed by atoms with E-state index >= 15 is 0 Å². The number of carbonyl (C=O) groups is 1. The zero-order valence-electron chi connectivity index (χ0n) is 13.6. The van der Waals surface area contributed by atoms with Crippen molar-refractivity contribution in [3.63, 3.8) is 0 Å². The Morgan fingerprint density at radius 2 is 1.75 bits per heavy atom. The van der Waals surface area contributed by atoms with Gasteiger partial charge in [0, 0.05) is 23.6 Å². The highest BCUT2D eigenvalue weighted by molar-refractivity contribution is 5.94. The fourth-order valence-corrected chi connectivity index (χ4v) is 2.73. The van der Waals surface area contributed by atoms with Gasteiger partial charge < -0.3 is 10.1 Å². The van der Waals surface area contributed by atoms with Crippen LogP contribution in [0.3, 0.4) is 0 Å². The maximum atomic E-state index is 12.0. The number of nitrogens with one attached hydrogen (secondary N) is 1. The van der Waals surface area contributed by atoms with Gasteiger partial charge in [0.1, 0.15) is 11.4 Å². The molecule has 0 aromatic heterocycles. The lowest BCUT2D eigenvalue weighted by molar-refractivity contribution is -0.118. The van der Waals surface area contributed by atoms with E-state index in [1.54, 1.807) is 0 Å². The van der Waals surface area contributed by atoms with Crippen molar-refractivity contribution in [3.8, 4) is 5.75 Å². The molecule has 2 rings (SSSR count). The third kappa shape index (κ3) is 2.41. The molecule has 1 heterocycles. The molecule has 0 saturated heterocycles. The van der Waals surface area contributed by atoms with Crippen molar-refractivity contribution in [1.82, 2.24) is 0 Å². The molecular weight excluding hydrogens is 250 g/mol. The van der Waals surface area contributed by atoms with Gasteiger partial charge in [-0.05, 0) is 51.3 Å². The van der Waals surface area contributed by atoms with E-state index in [-0.39, 0.29) is 17.4 Å². The van der Waals surface area contributed by atoms with Gasteiger partial charge in [-0.2, -0.15) is 0 Å². The molecule has 1 aliphatic rings. The summed E-state index contributed by atoms with van der Waals surface area (Å²) in [4.78, 5) is 12.0. The molecule has 0 fully saturated rings. The fraction of sp³-hybridized carbons (Fsp3) is 0.588. The number of hydrogen-bond acceptors (Lipinski definition) is 2. The van der Waals surface area contributed by atoms with Gasteiger partial charge in [0.2, 0.25) is 5.91 Å². The zero-order valence-corrected chi connectivity index (χ0v) is 13.6. The third-order valence-electron chi connectivity index (χ3n) is 4.13. The molecule has 1 amide bonds. The zero-order chi connectivity index (χ0) is 15.2. The average Bonchev–Trinajstić information content (AvgIpc) is 2.68. The minimum absolute atomic E-state index is 0.0185. The molecule has 1 aromatic rings. The summed E-state index contributed by atoms with van der Waals surface area (Å²) >= 11 is 0. The van der Waals surface area contributed by atoms with Gasteiger partial charge in [0.25, 0.3) is 0 Å². The molecule has 3 nitrogen and oxygen atoms in total. The van der Waals surface area contributed by atoms with Crippen LogP contribution in [0.5, 0.6) is 5.75 Å². The van der Waals surface area contributed by atoms with E-state index in [1.807, 2.05) is 20.8 Å². The number of amides is 1. The van der Waals surface area contributed by atoms with E-state index in [4.69, 9.17) is 4.74 Å². The van der Waals surface area contributed by atoms with Crippen LogP contribution < -0.4 is 10.1 Å². The molecule has 0 unspecified atom stereocenters. The number of benzene rings is 1. The maximum Gasteiger partial charge on any atom is 0.226 e. The Bertz CT molecular complexity index is 571. The first kappa shape index (κ1) is 14.9. The topological polar surface area (TPSA) is 38.3 Å². The van der Waals surface area contributed by atoms with Gasteiger partial charge in [-0.1, -0.05) is 13.8 Å². The van der Waals surface area contributed by atoms with Crippen LogP contribution in [-0.2, 0) is 11.2 Å². The summed E-state index contributed by atoms with van der Waals surface area (Å²) in [6, 6.07) is 0. The number of anilines is 1. The summed E-state index contributed by atoms with van der Waals surface area (Å²) in [5.41, 5.74) is 5.41. The first-order chi connectivity index (χ1) is 9.14. The molecule has 0 aliphatic carbocycles. The van der Waals surface area contributed by atoms with Crippen molar-refractivity contribution in [2.45, 2.75) is 60.5 Å². The number of hydrogen-bond donors (Lipinski definition) is 1. The molecule has 0 radical (unpaired) electrons. The van der Waals surface area contributed by atoms with Crippen molar-refractivity contribution in [3.05, 3.63) is 22.3 Å². The lowest BCUT2D eigenvalue weighted by atomic mass is 9.92. The molecule has 1 aliphatic heterocycles. The normalized spacial score (nSPS) is 16.0. The molecule has 1 N–H and O–H groups in total. The number of carbonyl (C=O) groups excluding carboxylic acids is 1. The van der Waals surface area contributed by atoms with Crippen LogP contribution in [0.4, 0.5) is 5.69 Å². The van der Waals surface area contributed by atoms with Crippen molar-refractivity contribution in [1.29, 1.82) is 0 Å². The predicted octanol–water partition coefficient (Wildman–Crippen LogP) is 3.92. The van der Waals surface area contributed by atoms with E-state index in [2.05, 4.69) is 33.0 Å². The minimum Gasteiger partial charge on any atom is -0.487 e. The number of ether oxygens (including phenoxy) is 1. The van der Waals surface area contributed by atoms with Crippen molar-refractivity contribution >= 4 is 11.6 Å². The molecule has 110 valence electrons. The Morgan fingerprint density at radius 3 is 2.30 bits per heavy atom. The van der Waals surface area contributed by atoms with Gasteiger partial charge in [-0.15, -0.1) is 0 Å². The standard InChI is InChI=1S/C17H25NO2/c1-9(2)16(19)18-14-10(3)11(4)15-13(12(14)5)8-17(6,7)20-15/h9H,8H2,1-7H3,(H,18,19). The molecule has 3 heteroatoms. The first-order valence-corrected chi connectivity index (χ1v) is 7.26. The van der Waals surface area contributed by atoms with Crippen molar-refractivity contribution in [2.75, 3.05) is 5.32 Å². The van der Waals surface area contributed by atoms with Crippen LogP contribution in [0.2, 0.25) is 0 Å². The summed E-state index contributed by atoms with van der Waals surface area (Å²) in [7, 11) is 0. The van der Waals surface area contributed by atoms with Gasteiger partial charge in [0.15, 0.2) is 0 Å². The molecule has 0 bridgehead atoms. The molecule has 0 atom stereocenters. The first-order valence-electron chi connectivity index (χ1n) is 7.26. The second-order valence-electron chi connectivity index (χ2n) is 6.74. The summed E-state index contributed by atoms with van der Waals surface area (Å²) in [5, 5.41) is 3.08. The largest absolute Gasteiger partial charge is 0.487 e. The molecule has 1 aromatic carbocycles. The summed E-state index contributed by atoms with van der Waals surface area (Å²) in [6.45, 7) is 14.2. The highest BCUT2D eigenvalue weighted by Crippen LogP contribution is 2.44. The van der Waals surface area contributed by atoms with Crippen LogP contribution in [0, 0.1) is 26.7 Å². The van der Waals surface area contributed by atoms with Gasteiger partial charge in [0.05, 0.1) is 0 Å². The highest BCUT2D eigenvalue weighted by Gasteiger charge is 2.34. The smallest absolute Gasteiger partial charge is 0.226 e. The van der Waals surface area contributed by atoms with E-state index in [1.165, 1.54) is 5.56 Å². The van der Waals surface area contributed by atoms with Crippen LogP contribution in [0.15, 0.2) is 0 Å². The van der Waals surface area contributed by atoms with Gasteiger partial charge in [-0.3, -0.25) is 4.79 Å². The Labute approximate surface area is 121 Å². The second-order valence-corrected chi connectivity index (χ2v) is 6.74. The summed E-state index contributed by atoms with van der Waals surface area (Å²) in [5.74, 6) is 1.05. The maximum absolute atomic E-state index is 12.0. The monoisotopic (exact) mass is 275 g/mol. The lowest BCUT2D eigenvalue weighted by Gasteiger charge is -2.19.